The van der Waals surface area contributed by atoms with Crippen LogP contribution in [0.15, 0.2) is 12.3 Å². The maximum atomic E-state index is 11.8. The highest BCUT2D eigenvalue weighted by Gasteiger charge is 2.17. The lowest BCUT2D eigenvalue weighted by Gasteiger charge is -2.14. The Morgan fingerprint density at radius 1 is 1.67 bits per heavy atom. The monoisotopic (exact) mass is 251 g/mol. The van der Waals surface area contributed by atoms with Gasteiger partial charge in [-0.2, -0.15) is 5.10 Å². The standard InChI is InChI=1S/C12H21N5O/c1-9(2)8-17-11(4-6-14-17)16-12(18)15-10-3-5-13-7-10/h4,6,9-10,13H,3,5,7-8H2,1-2H3,(H2,15,16,18)/t10-/m1/s1. The number of hydrogen-bond donors (Lipinski definition) is 3. The molecule has 0 spiro atoms. The van der Waals surface area contributed by atoms with Crippen molar-refractivity contribution in [1.29, 1.82) is 0 Å². The first-order valence-electron chi connectivity index (χ1n) is 6.45. The molecule has 6 nitrogen and oxygen atoms in total. The van der Waals surface area contributed by atoms with E-state index in [4.69, 9.17) is 0 Å². The smallest absolute Gasteiger partial charge is 0.320 e. The maximum Gasteiger partial charge on any atom is 0.320 e. The Hall–Kier alpha value is -1.56. The Bertz CT molecular complexity index is 395. The summed E-state index contributed by atoms with van der Waals surface area (Å²) in [7, 11) is 0. The van der Waals surface area contributed by atoms with Crippen LogP contribution >= 0.6 is 0 Å². The molecule has 0 unspecified atom stereocenters. The van der Waals surface area contributed by atoms with E-state index < -0.39 is 0 Å². The maximum absolute atomic E-state index is 11.8. The third kappa shape index (κ3) is 3.46. The van der Waals surface area contributed by atoms with Crippen molar-refractivity contribution in [3.05, 3.63) is 12.3 Å². The van der Waals surface area contributed by atoms with Crippen molar-refractivity contribution in [1.82, 2.24) is 20.4 Å². The van der Waals surface area contributed by atoms with E-state index in [0.717, 1.165) is 31.9 Å². The summed E-state index contributed by atoms with van der Waals surface area (Å²) in [4.78, 5) is 11.8. The fraction of sp³-hybridized carbons (Fsp3) is 0.667. The number of rotatable bonds is 4. The molecule has 1 aromatic rings. The van der Waals surface area contributed by atoms with Crippen molar-refractivity contribution in [3.63, 3.8) is 0 Å². The average Bonchev–Trinajstić information content (AvgIpc) is 2.91. The van der Waals surface area contributed by atoms with Gasteiger partial charge in [-0.25, -0.2) is 9.48 Å². The molecule has 1 saturated heterocycles. The summed E-state index contributed by atoms with van der Waals surface area (Å²) in [6.07, 6.45) is 2.69. The van der Waals surface area contributed by atoms with E-state index in [-0.39, 0.29) is 12.1 Å². The molecule has 6 heteroatoms. The minimum atomic E-state index is -0.158. The van der Waals surface area contributed by atoms with Gasteiger partial charge in [-0.05, 0) is 18.9 Å². The van der Waals surface area contributed by atoms with Crippen molar-refractivity contribution >= 4 is 11.8 Å². The molecule has 1 aromatic heterocycles. The lowest BCUT2D eigenvalue weighted by atomic mass is 10.2. The van der Waals surface area contributed by atoms with Gasteiger partial charge in [0.2, 0.25) is 0 Å². The number of nitrogens with zero attached hydrogens (tertiary/aromatic N) is 2. The first kappa shape index (κ1) is 12.9. The lowest BCUT2D eigenvalue weighted by molar-refractivity contribution is 0.249. The van der Waals surface area contributed by atoms with E-state index in [0.29, 0.717) is 5.92 Å². The highest BCUT2D eigenvalue weighted by molar-refractivity contribution is 5.88. The van der Waals surface area contributed by atoms with Gasteiger partial charge in [-0.3, -0.25) is 5.32 Å². The van der Waals surface area contributed by atoms with Crippen LogP contribution in [0, 0.1) is 5.92 Å². The molecule has 1 aliphatic heterocycles. The molecule has 2 rings (SSSR count). The number of nitrogens with one attached hydrogen (secondary N) is 3. The minimum Gasteiger partial charge on any atom is -0.334 e. The zero-order valence-corrected chi connectivity index (χ0v) is 10.9. The molecule has 1 fully saturated rings. The van der Waals surface area contributed by atoms with Crippen molar-refractivity contribution < 1.29 is 4.79 Å². The number of anilines is 1. The van der Waals surface area contributed by atoms with Gasteiger partial charge in [0.05, 0.1) is 6.20 Å². The second kappa shape index (κ2) is 5.86. The third-order valence-corrected chi connectivity index (χ3v) is 2.89. The summed E-state index contributed by atoms with van der Waals surface area (Å²) >= 11 is 0. The number of aromatic nitrogens is 2. The number of urea groups is 1. The lowest BCUT2D eigenvalue weighted by Crippen LogP contribution is -2.39. The minimum absolute atomic E-state index is 0.158. The van der Waals surface area contributed by atoms with E-state index in [9.17, 15) is 4.79 Å². The summed E-state index contributed by atoms with van der Waals surface area (Å²) < 4.78 is 1.82. The van der Waals surface area contributed by atoms with Crippen LogP contribution in [-0.4, -0.2) is 34.9 Å². The van der Waals surface area contributed by atoms with Gasteiger partial charge in [-0.15, -0.1) is 0 Å². The van der Waals surface area contributed by atoms with Crippen LogP contribution < -0.4 is 16.0 Å². The predicted octanol–water partition coefficient (Wildman–Crippen LogP) is 1.02. The molecule has 100 valence electrons. The van der Waals surface area contributed by atoms with E-state index in [2.05, 4.69) is 34.9 Å². The molecule has 2 amide bonds. The zero-order valence-electron chi connectivity index (χ0n) is 10.9. The van der Waals surface area contributed by atoms with E-state index in [1.165, 1.54) is 0 Å². The summed E-state index contributed by atoms with van der Waals surface area (Å²) in [6.45, 7) is 6.86. The Morgan fingerprint density at radius 2 is 2.50 bits per heavy atom. The van der Waals surface area contributed by atoms with Crippen LogP contribution in [0.2, 0.25) is 0 Å². The molecular weight excluding hydrogens is 230 g/mol. The van der Waals surface area contributed by atoms with Gasteiger partial charge < -0.3 is 10.6 Å². The summed E-state index contributed by atoms with van der Waals surface area (Å²) in [5.74, 6) is 1.24. The van der Waals surface area contributed by atoms with Gasteiger partial charge in [0, 0.05) is 25.2 Å². The van der Waals surface area contributed by atoms with Gasteiger partial charge in [0.1, 0.15) is 5.82 Å². The molecule has 3 N–H and O–H groups in total. The Kier molecular flexibility index (Phi) is 4.19. The largest absolute Gasteiger partial charge is 0.334 e. The third-order valence-electron chi connectivity index (χ3n) is 2.89. The molecule has 2 heterocycles. The Labute approximate surface area is 107 Å². The zero-order chi connectivity index (χ0) is 13.0. The molecule has 0 aromatic carbocycles. The highest BCUT2D eigenvalue weighted by atomic mass is 16.2. The predicted molar refractivity (Wildman–Crippen MR) is 70.5 cm³/mol. The van der Waals surface area contributed by atoms with Gasteiger partial charge in [-0.1, -0.05) is 13.8 Å². The van der Waals surface area contributed by atoms with Crippen LogP contribution in [0.4, 0.5) is 10.6 Å². The molecule has 18 heavy (non-hydrogen) atoms. The number of carbonyl (C=O) groups excluding carboxylic acids is 1. The van der Waals surface area contributed by atoms with Crippen molar-refractivity contribution in [2.75, 3.05) is 18.4 Å². The Balaban J connectivity index is 1.88. The second-order valence-corrected chi connectivity index (χ2v) is 5.08. The van der Waals surface area contributed by atoms with E-state index in [1.54, 1.807) is 6.20 Å². The Morgan fingerprint density at radius 3 is 3.17 bits per heavy atom. The average molecular weight is 251 g/mol. The number of amides is 2. The van der Waals surface area contributed by atoms with E-state index >= 15 is 0 Å². The fourth-order valence-corrected chi connectivity index (χ4v) is 2.05. The number of carbonyl (C=O) groups is 1. The molecule has 0 saturated carbocycles. The first-order chi connectivity index (χ1) is 8.65. The highest BCUT2D eigenvalue weighted by Crippen LogP contribution is 2.09. The normalized spacial score (nSPS) is 19.2. The van der Waals surface area contributed by atoms with Crippen LogP contribution in [-0.2, 0) is 6.54 Å². The fourth-order valence-electron chi connectivity index (χ4n) is 2.05. The van der Waals surface area contributed by atoms with Crippen molar-refractivity contribution in [2.24, 2.45) is 5.92 Å². The van der Waals surface area contributed by atoms with Crippen LogP contribution in [0.25, 0.3) is 0 Å². The van der Waals surface area contributed by atoms with Crippen LogP contribution in [0.3, 0.4) is 0 Å². The first-order valence-corrected chi connectivity index (χ1v) is 6.45. The van der Waals surface area contributed by atoms with Gasteiger partial charge >= 0.3 is 6.03 Å². The topological polar surface area (TPSA) is 71.0 Å². The molecule has 0 bridgehead atoms. The van der Waals surface area contributed by atoms with E-state index in [1.807, 2.05) is 10.7 Å². The quantitative estimate of drug-likeness (QED) is 0.748. The molecule has 1 aliphatic rings. The molecular formula is C12H21N5O. The molecule has 0 radical (unpaired) electrons. The molecule has 0 aliphatic carbocycles. The van der Waals surface area contributed by atoms with Crippen LogP contribution in [0.1, 0.15) is 20.3 Å². The second-order valence-electron chi connectivity index (χ2n) is 5.08. The van der Waals surface area contributed by atoms with Gasteiger partial charge in [0.25, 0.3) is 0 Å². The van der Waals surface area contributed by atoms with Crippen molar-refractivity contribution in [3.8, 4) is 0 Å². The SMILES string of the molecule is CC(C)Cn1nccc1NC(=O)N[C@@H]1CCNC1. The van der Waals surface area contributed by atoms with Gasteiger partial charge in [0.15, 0.2) is 0 Å². The van der Waals surface area contributed by atoms with Crippen LogP contribution in [0.5, 0.6) is 0 Å². The number of hydrogen-bond acceptors (Lipinski definition) is 3. The van der Waals surface area contributed by atoms with Crippen molar-refractivity contribution in [2.45, 2.75) is 32.9 Å². The summed E-state index contributed by atoms with van der Waals surface area (Å²) in [5, 5.41) is 13.2. The molecule has 1 atom stereocenters. The summed E-state index contributed by atoms with van der Waals surface area (Å²) in [6, 6.07) is 1.88. The summed E-state index contributed by atoms with van der Waals surface area (Å²) in [5.41, 5.74) is 0.